The fraction of sp³-hybridized carbons (Fsp3) is 1.00. The second-order valence-electron chi connectivity index (χ2n) is 14.5. The van der Waals surface area contributed by atoms with Crippen LogP contribution in [-0.4, -0.2) is 89.8 Å². The molecular weight excluding hydrogens is 569 g/mol. The fourth-order valence-electron chi connectivity index (χ4n) is 6.91. The molecule has 7 nitrogen and oxygen atoms in total. The molecule has 0 unspecified atom stereocenters. The first-order valence-electron chi connectivity index (χ1n) is 18.7. The predicted molar refractivity (Wildman–Crippen MR) is 191 cm³/mol. The Balaban J connectivity index is 0.000000585. The molecule has 0 saturated heterocycles. The van der Waals surface area contributed by atoms with Gasteiger partial charge in [-0.15, -0.1) is 0 Å². The minimum absolute atomic E-state index is 0.859. The Kier molecular flexibility index (Phi) is 29.1. The molecular formula is C36H78N3O4P. The average molecular weight is 648 g/mol. The summed E-state index contributed by atoms with van der Waals surface area (Å²) in [7, 11) is 8.76. The molecule has 0 heterocycles. The lowest BCUT2D eigenvalue weighted by Gasteiger charge is -2.25. The van der Waals surface area contributed by atoms with Crippen LogP contribution in [-0.2, 0) is 4.57 Å². The summed E-state index contributed by atoms with van der Waals surface area (Å²) in [5.74, 6) is 0. The Morgan fingerprint density at radius 2 is 0.455 bits per heavy atom. The summed E-state index contributed by atoms with van der Waals surface area (Å²) < 4.78 is 8.88. The topological polar surface area (TPSA) is 87.5 Å². The normalized spacial score (nSPS) is 22.0. The largest absolute Gasteiger partial charge is 0.466 e. The summed E-state index contributed by atoms with van der Waals surface area (Å²) in [5.41, 5.74) is 0. The highest BCUT2D eigenvalue weighted by Crippen LogP contribution is 2.26. The molecule has 3 aliphatic rings. The van der Waals surface area contributed by atoms with Crippen molar-refractivity contribution in [2.24, 2.45) is 0 Å². The van der Waals surface area contributed by atoms with Crippen LogP contribution in [0.25, 0.3) is 0 Å². The maximum atomic E-state index is 8.88. The van der Waals surface area contributed by atoms with Crippen molar-refractivity contribution >= 4 is 7.82 Å². The van der Waals surface area contributed by atoms with E-state index in [1.165, 1.54) is 173 Å². The fourth-order valence-corrected chi connectivity index (χ4v) is 6.91. The Bertz CT molecular complexity index is 550. The number of phosphoric acid groups is 1. The van der Waals surface area contributed by atoms with Gasteiger partial charge >= 0.3 is 7.82 Å². The third-order valence-electron chi connectivity index (χ3n) is 9.91. The van der Waals surface area contributed by atoms with Crippen LogP contribution < -0.4 is 0 Å². The van der Waals surface area contributed by atoms with E-state index in [2.05, 4.69) is 57.0 Å². The summed E-state index contributed by atoms with van der Waals surface area (Å²) in [4.78, 5) is 28.8. The van der Waals surface area contributed by atoms with Gasteiger partial charge in [0.1, 0.15) is 0 Å². The molecule has 3 aliphatic carbocycles. The van der Waals surface area contributed by atoms with E-state index < -0.39 is 7.82 Å². The van der Waals surface area contributed by atoms with E-state index >= 15 is 0 Å². The highest BCUT2D eigenvalue weighted by atomic mass is 31.2. The second-order valence-corrected chi connectivity index (χ2v) is 15.5. The minimum Gasteiger partial charge on any atom is -0.306 e. The molecule has 44 heavy (non-hydrogen) atoms. The van der Waals surface area contributed by atoms with Gasteiger partial charge in [0.05, 0.1) is 0 Å². The summed E-state index contributed by atoms with van der Waals surface area (Å²) >= 11 is 0. The van der Waals surface area contributed by atoms with Crippen molar-refractivity contribution in [2.45, 2.75) is 191 Å². The lowest BCUT2D eigenvalue weighted by atomic mass is 9.97. The van der Waals surface area contributed by atoms with Crippen molar-refractivity contribution in [2.75, 3.05) is 42.3 Å². The monoisotopic (exact) mass is 648 g/mol. The van der Waals surface area contributed by atoms with E-state index in [1.807, 2.05) is 0 Å². The van der Waals surface area contributed by atoms with Gasteiger partial charge in [-0.1, -0.05) is 135 Å². The van der Waals surface area contributed by atoms with Crippen LogP contribution in [0.2, 0.25) is 0 Å². The molecule has 266 valence electrons. The zero-order chi connectivity index (χ0) is 33.1. The van der Waals surface area contributed by atoms with Gasteiger partial charge in [0.2, 0.25) is 0 Å². The molecule has 3 rings (SSSR count). The Morgan fingerprint density at radius 1 is 0.341 bits per heavy atom. The van der Waals surface area contributed by atoms with Crippen molar-refractivity contribution in [3.63, 3.8) is 0 Å². The molecule has 3 N–H and O–H groups in total. The summed E-state index contributed by atoms with van der Waals surface area (Å²) in [5, 5.41) is 0. The number of rotatable bonds is 3. The van der Waals surface area contributed by atoms with Crippen LogP contribution in [0.4, 0.5) is 0 Å². The number of hydrogen-bond acceptors (Lipinski definition) is 4. The number of hydrogen-bond donors (Lipinski definition) is 3. The average Bonchev–Trinajstić information content (AvgIpc) is 2.96. The van der Waals surface area contributed by atoms with Gasteiger partial charge in [-0.05, 0) is 80.8 Å². The van der Waals surface area contributed by atoms with Gasteiger partial charge in [-0.2, -0.15) is 0 Å². The molecule has 3 fully saturated rings. The third kappa shape index (κ3) is 30.6. The van der Waals surface area contributed by atoms with Crippen LogP contribution >= 0.6 is 7.82 Å². The zero-order valence-electron chi connectivity index (χ0n) is 30.4. The highest BCUT2D eigenvalue weighted by molar-refractivity contribution is 7.45. The maximum Gasteiger partial charge on any atom is 0.466 e. The molecule has 8 heteroatoms. The van der Waals surface area contributed by atoms with Crippen LogP contribution in [0.5, 0.6) is 0 Å². The third-order valence-corrected chi connectivity index (χ3v) is 9.91. The van der Waals surface area contributed by atoms with Crippen LogP contribution in [0.15, 0.2) is 0 Å². The van der Waals surface area contributed by atoms with Gasteiger partial charge in [0.15, 0.2) is 0 Å². The van der Waals surface area contributed by atoms with Gasteiger partial charge in [-0.25, -0.2) is 4.57 Å². The molecule has 0 aliphatic heterocycles. The summed E-state index contributed by atoms with van der Waals surface area (Å²) in [6.45, 7) is 0. The van der Waals surface area contributed by atoms with Crippen molar-refractivity contribution in [3.8, 4) is 0 Å². The maximum absolute atomic E-state index is 8.88. The SMILES string of the molecule is CN(C)C1CCCCCCCCC1.CN(C)C1CCCCCCCCC1.CN(C)C1CCCCCCCCC1.O=P(O)(O)O. The highest BCUT2D eigenvalue weighted by Gasteiger charge is 2.13. The minimum atomic E-state index is -4.64. The van der Waals surface area contributed by atoms with Crippen molar-refractivity contribution < 1.29 is 19.2 Å². The van der Waals surface area contributed by atoms with E-state index in [0.29, 0.717) is 0 Å². The van der Waals surface area contributed by atoms with E-state index in [0.717, 1.165) is 18.1 Å². The van der Waals surface area contributed by atoms with Crippen LogP contribution in [0.3, 0.4) is 0 Å². The van der Waals surface area contributed by atoms with E-state index in [9.17, 15) is 0 Å². The summed E-state index contributed by atoms with van der Waals surface area (Å²) in [6.07, 6.45) is 39.3. The van der Waals surface area contributed by atoms with Gasteiger partial charge < -0.3 is 29.4 Å². The molecule has 0 amide bonds. The Morgan fingerprint density at radius 3 is 0.568 bits per heavy atom. The smallest absolute Gasteiger partial charge is 0.306 e. The standard InChI is InChI=1S/3C12H25N.H3O4P/c3*1-13(2)12-10-8-6-4-3-5-7-9-11-12;1-5(2,3)4/h3*12H,3-11H2,1-2H3;(H3,1,2,3,4). The van der Waals surface area contributed by atoms with Crippen molar-refractivity contribution in [1.82, 2.24) is 14.7 Å². The molecule has 0 atom stereocenters. The van der Waals surface area contributed by atoms with Crippen LogP contribution in [0, 0.1) is 0 Å². The van der Waals surface area contributed by atoms with Gasteiger partial charge in [-0.3, -0.25) is 0 Å². The van der Waals surface area contributed by atoms with E-state index in [4.69, 9.17) is 19.2 Å². The molecule has 0 aromatic heterocycles. The Labute approximate surface area is 275 Å². The first kappa shape index (κ1) is 44.0. The van der Waals surface area contributed by atoms with Gasteiger partial charge in [0, 0.05) is 18.1 Å². The van der Waals surface area contributed by atoms with Gasteiger partial charge in [0.25, 0.3) is 0 Å². The molecule has 0 aromatic rings. The lowest BCUT2D eigenvalue weighted by molar-refractivity contribution is 0.248. The first-order chi connectivity index (χ1) is 20.9. The molecule has 0 spiro atoms. The van der Waals surface area contributed by atoms with Crippen LogP contribution in [0.1, 0.15) is 173 Å². The van der Waals surface area contributed by atoms with E-state index in [-0.39, 0.29) is 0 Å². The quantitative estimate of drug-likeness (QED) is 0.263. The number of nitrogens with zero attached hydrogens (tertiary/aromatic N) is 3. The predicted octanol–water partition coefficient (Wildman–Crippen LogP) is 9.39. The van der Waals surface area contributed by atoms with Crippen molar-refractivity contribution in [3.05, 3.63) is 0 Å². The first-order valence-corrected chi connectivity index (χ1v) is 20.3. The zero-order valence-corrected chi connectivity index (χ0v) is 31.3. The molecule has 3 saturated carbocycles. The molecule has 0 aromatic carbocycles. The second kappa shape index (κ2) is 29.2. The molecule has 0 radical (unpaired) electrons. The lowest BCUT2D eigenvalue weighted by Crippen LogP contribution is -2.27. The van der Waals surface area contributed by atoms with E-state index in [1.54, 1.807) is 0 Å². The summed E-state index contributed by atoms with van der Waals surface area (Å²) in [6, 6.07) is 2.58. The Hall–Kier alpha value is -0.0100. The molecule has 0 bridgehead atoms. The van der Waals surface area contributed by atoms with Crippen molar-refractivity contribution in [1.29, 1.82) is 0 Å².